The zero-order chi connectivity index (χ0) is 18.7. The summed E-state index contributed by atoms with van der Waals surface area (Å²) < 4.78 is 5.85. The maximum Gasteiger partial charge on any atom is 0.270 e. The number of benzene rings is 2. The number of nitrogens with zero attached hydrogens (tertiary/aromatic N) is 3. The van der Waals surface area contributed by atoms with Crippen LogP contribution in [0.5, 0.6) is 5.75 Å². The van der Waals surface area contributed by atoms with E-state index < -0.39 is 4.92 Å². The van der Waals surface area contributed by atoms with Crippen molar-refractivity contribution in [2.45, 2.75) is 0 Å². The molecule has 0 radical (unpaired) electrons. The van der Waals surface area contributed by atoms with Gasteiger partial charge in [-0.05, 0) is 40.2 Å². The first-order valence-electron chi connectivity index (χ1n) is 8.12. The van der Waals surface area contributed by atoms with E-state index in [0.29, 0.717) is 42.0 Å². The van der Waals surface area contributed by atoms with Crippen LogP contribution in [0.2, 0.25) is 0 Å². The van der Waals surface area contributed by atoms with Crippen molar-refractivity contribution in [3.05, 3.63) is 62.6 Å². The topological polar surface area (TPSA) is 75.9 Å². The quantitative estimate of drug-likeness (QED) is 0.560. The molecule has 0 atom stereocenters. The van der Waals surface area contributed by atoms with Crippen molar-refractivity contribution in [1.82, 2.24) is 4.90 Å². The normalized spacial score (nSPS) is 14.2. The molecule has 7 nitrogen and oxygen atoms in total. The van der Waals surface area contributed by atoms with Crippen LogP contribution >= 0.6 is 15.9 Å². The predicted octanol–water partition coefficient (Wildman–Crippen LogP) is 3.33. The maximum atomic E-state index is 12.7. The van der Waals surface area contributed by atoms with Crippen LogP contribution in [0.25, 0.3) is 0 Å². The van der Waals surface area contributed by atoms with Crippen molar-refractivity contribution in [2.24, 2.45) is 0 Å². The summed E-state index contributed by atoms with van der Waals surface area (Å²) in [5.74, 6) is 0.635. The fourth-order valence-electron chi connectivity index (χ4n) is 2.95. The highest BCUT2D eigenvalue weighted by Crippen LogP contribution is 2.31. The minimum absolute atomic E-state index is 0.0219. The summed E-state index contributed by atoms with van der Waals surface area (Å²) in [7, 11) is 1.57. The molecule has 2 aromatic rings. The fraction of sp³-hybridized carbons (Fsp3) is 0.278. The molecular formula is C18H18BrN3O4. The summed E-state index contributed by atoms with van der Waals surface area (Å²) in [6.45, 7) is 2.48. The van der Waals surface area contributed by atoms with Gasteiger partial charge in [0.25, 0.3) is 11.6 Å². The van der Waals surface area contributed by atoms with Gasteiger partial charge in [0, 0.05) is 48.3 Å². The molecule has 0 aromatic heterocycles. The molecule has 1 aliphatic heterocycles. The first-order chi connectivity index (χ1) is 12.5. The lowest BCUT2D eigenvalue weighted by Gasteiger charge is -2.36. The third kappa shape index (κ3) is 3.80. The van der Waals surface area contributed by atoms with Gasteiger partial charge in [-0.15, -0.1) is 0 Å². The fourth-order valence-corrected chi connectivity index (χ4v) is 3.57. The molecule has 26 heavy (non-hydrogen) atoms. The van der Waals surface area contributed by atoms with Crippen LogP contribution in [0.15, 0.2) is 46.9 Å². The number of carbonyl (C=O) groups excluding carboxylic acids is 1. The van der Waals surface area contributed by atoms with Crippen LogP contribution < -0.4 is 9.64 Å². The number of methoxy groups -OCH3 is 1. The van der Waals surface area contributed by atoms with E-state index in [9.17, 15) is 14.9 Å². The second kappa shape index (κ2) is 7.74. The Bertz CT molecular complexity index is 835. The van der Waals surface area contributed by atoms with Gasteiger partial charge in [-0.3, -0.25) is 14.9 Å². The zero-order valence-corrected chi connectivity index (χ0v) is 15.8. The Labute approximate surface area is 159 Å². The largest absolute Gasteiger partial charge is 0.497 e. The van der Waals surface area contributed by atoms with Gasteiger partial charge in [-0.25, -0.2) is 0 Å². The minimum atomic E-state index is -0.417. The molecule has 1 fully saturated rings. The van der Waals surface area contributed by atoms with E-state index in [1.165, 1.54) is 12.1 Å². The van der Waals surface area contributed by atoms with Crippen LogP contribution in [-0.2, 0) is 0 Å². The summed E-state index contributed by atoms with van der Waals surface area (Å²) in [5, 5.41) is 10.9. The van der Waals surface area contributed by atoms with E-state index in [-0.39, 0.29) is 11.6 Å². The highest BCUT2D eigenvalue weighted by molar-refractivity contribution is 9.10. The Morgan fingerprint density at radius 2 is 1.88 bits per heavy atom. The number of non-ortho nitro benzene ring substituents is 1. The number of hydrogen-bond donors (Lipinski definition) is 0. The molecule has 0 N–H and O–H groups in total. The average molecular weight is 420 g/mol. The minimum Gasteiger partial charge on any atom is -0.497 e. The summed E-state index contributed by atoms with van der Waals surface area (Å²) >= 11 is 3.41. The highest BCUT2D eigenvalue weighted by Gasteiger charge is 2.24. The number of anilines is 1. The first-order valence-corrected chi connectivity index (χ1v) is 8.91. The van der Waals surface area contributed by atoms with Crippen LogP contribution in [0.3, 0.4) is 0 Å². The van der Waals surface area contributed by atoms with Gasteiger partial charge in [0.05, 0.1) is 17.7 Å². The summed E-state index contributed by atoms with van der Waals surface area (Å²) in [4.78, 5) is 27.0. The maximum absolute atomic E-state index is 12.7. The monoisotopic (exact) mass is 419 g/mol. The second-order valence-corrected chi connectivity index (χ2v) is 6.76. The third-order valence-corrected chi connectivity index (χ3v) is 5.00. The molecule has 1 saturated heterocycles. The van der Waals surface area contributed by atoms with Gasteiger partial charge < -0.3 is 14.5 Å². The van der Waals surface area contributed by atoms with E-state index in [2.05, 4.69) is 20.8 Å². The lowest BCUT2D eigenvalue weighted by molar-refractivity contribution is -0.384. The number of piperazine rings is 1. The zero-order valence-electron chi connectivity index (χ0n) is 14.2. The number of carbonyl (C=O) groups is 1. The van der Waals surface area contributed by atoms with Crippen molar-refractivity contribution >= 4 is 33.2 Å². The van der Waals surface area contributed by atoms with Crippen LogP contribution in [0, 0.1) is 10.1 Å². The van der Waals surface area contributed by atoms with E-state index in [1.54, 1.807) is 37.4 Å². The molecule has 0 bridgehead atoms. The van der Waals surface area contributed by atoms with E-state index in [0.717, 1.165) is 5.69 Å². The molecule has 2 aromatic carbocycles. The van der Waals surface area contributed by atoms with Crippen molar-refractivity contribution in [1.29, 1.82) is 0 Å². The number of halogens is 1. The molecule has 0 saturated carbocycles. The second-order valence-electron chi connectivity index (χ2n) is 5.90. The number of rotatable bonds is 4. The number of nitro groups is 1. The van der Waals surface area contributed by atoms with Gasteiger partial charge in [-0.2, -0.15) is 0 Å². The molecule has 136 valence electrons. The SMILES string of the molecule is COc1cccc(C(=O)N2CCN(c3ccc([N+](=O)[O-])cc3Br)CC2)c1. The van der Waals surface area contributed by atoms with Gasteiger partial charge in [0.15, 0.2) is 0 Å². The highest BCUT2D eigenvalue weighted by atomic mass is 79.9. The Hall–Kier alpha value is -2.61. The van der Waals surface area contributed by atoms with Crippen LogP contribution in [0.4, 0.5) is 11.4 Å². The Morgan fingerprint density at radius 1 is 1.15 bits per heavy atom. The van der Waals surface area contributed by atoms with E-state index in [4.69, 9.17) is 4.74 Å². The number of amides is 1. The third-order valence-electron chi connectivity index (χ3n) is 4.37. The molecule has 3 rings (SSSR count). The molecule has 8 heteroatoms. The van der Waals surface area contributed by atoms with E-state index in [1.807, 2.05) is 4.90 Å². The smallest absolute Gasteiger partial charge is 0.270 e. The Kier molecular flexibility index (Phi) is 5.41. The summed E-state index contributed by atoms with van der Waals surface area (Å²) in [5.41, 5.74) is 1.55. The Balaban J connectivity index is 1.67. The lowest BCUT2D eigenvalue weighted by Crippen LogP contribution is -2.48. The molecule has 0 aliphatic carbocycles. The predicted molar refractivity (Wildman–Crippen MR) is 102 cm³/mol. The molecular weight excluding hydrogens is 402 g/mol. The molecule has 1 heterocycles. The van der Waals surface area contributed by atoms with Gasteiger partial charge in [0.1, 0.15) is 5.75 Å². The van der Waals surface area contributed by atoms with Crippen molar-refractivity contribution in [2.75, 3.05) is 38.2 Å². The molecule has 1 aliphatic rings. The van der Waals surface area contributed by atoms with Crippen LogP contribution in [0.1, 0.15) is 10.4 Å². The van der Waals surface area contributed by atoms with Gasteiger partial charge in [0.2, 0.25) is 0 Å². The summed E-state index contributed by atoms with van der Waals surface area (Å²) in [6, 6.07) is 11.9. The standard InChI is InChI=1S/C18H18BrN3O4/c1-26-15-4-2-3-13(11-15)18(23)21-9-7-20(8-10-21)17-6-5-14(22(24)25)12-16(17)19/h2-6,11-12H,7-10H2,1H3. The lowest BCUT2D eigenvalue weighted by atomic mass is 10.1. The average Bonchev–Trinajstić information content (AvgIpc) is 2.67. The van der Waals surface area contributed by atoms with Crippen LogP contribution in [-0.4, -0.2) is 49.0 Å². The summed E-state index contributed by atoms with van der Waals surface area (Å²) in [6.07, 6.45) is 0. The van der Waals surface area contributed by atoms with Crippen molar-refractivity contribution in [3.63, 3.8) is 0 Å². The van der Waals surface area contributed by atoms with Crippen molar-refractivity contribution in [3.8, 4) is 5.75 Å². The molecule has 1 amide bonds. The van der Waals surface area contributed by atoms with Gasteiger partial charge >= 0.3 is 0 Å². The van der Waals surface area contributed by atoms with E-state index >= 15 is 0 Å². The molecule has 0 spiro atoms. The number of nitro benzene ring substituents is 1. The Morgan fingerprint density at radius 3 is 2.50 bits per heavy atom. The molecule has 0 unspecified atom stereocenters. The first kappa shape index (κ1) is 18.2. The van der Waals surface area contributed by atoms with Crippen molar-refractivity contribution < 1.29 is 14.5 Å². The van der Waals surface area contributed by atoms with Gasteiger partial charge in [-0.1, -0.05) is 6.07 Å². The number of hydrogen-bond acceptors (Lipinski definition) is 5. The number of ether oxygens (including phenoxy) is 1.